The Morgan fingerprint density at radius 1 is 1.46 bits per heavy atom. The number of hydrogen-bond donors (Lipinski definition) is 2. The Balaban J connectivity index is 1.70. The summed E-state index contributed by atoms with van der Waals surface area (Å²) < 4.78 is 31.4. The Kier molecular flexibility index (Phi) is 5.19. The lowest BCUT2D eigenvalue weighted by Gasteiger charge is -2.44. The highest BCUT2D eigenvalue weighted by Crippen LogP contribution is 2.45. The van der Waals surface area contributed by atoms with E-state index in [9.17, 15) is 18.7 Å². The zero-order valence-corrected chi connectivity index (χ0v) is 14.2. The van der Waals surface area contributed by atoms with Crippen LogP contribution >= 0.6 is 11.3 Å². The quantitative estimate of drug-likeness (QED) is 0.829. The average molecular weight is 360 g/mol. The van der Waals surface area contributed by atoms with E-state index in [-0.39, 0.29) is 13.0 Å². The maximum Gasteiger partial charge on any atom is 0.247 e. The number of halogens is 2. The van der Waals surface area contributed by atoms with Crippen molar-refractivity contribution < 1.29 is 23.4 Å². The number of amides is 1. The van der Waals surface area contributed by atoms with E-state index in [1.165, 1.54) is 11.3 Å². The van der Waals surface area contributed by atoms with Gasteiger partial charge in [0.15, 0.2) is 0 Å². The fourth-order valence-electron chi connectivity index (χ4n) is 3.53. The highest BCUT2D eigenvalue weighted by atomic mass is 32.1. The summed E-state index contributed by atoms with van der Waals surface area (Å²) in [6, 6.07) is 1.90. The van der Waals surface area contributed by atoms with Crippen molar-refractivity contribution in [1.82, 2.24) is 4.90 Å². The molecule has 0 aliphatic carbocycles. The highest BCUT2D eigenvalue weighted by molar-refractivity contribution is 7.12. The number of hydrogen-bond acceptors (Lipinski definition) is 5. The molecule has 1 aromatic heterocycles. The van der Waals surface area contributed by atoms with Gasteiger partial charge in [0, 0.05) is 35.8 Å². The van der Waals surface area contributed by atoms with Crippen LogP contribution in [-0.2, 0) is 28.0 Å². The molecule has 2 aliphatic rings. The minimum atomic E-state index is -2.33. The third-order valence-electron chi connectivity index (χ3n) is 4.80. The number of carbonyl (C=O) groups excluding carboxylic acids is 1. The van der Waals surface area contributed by atoms with Crippen LogP contribution in [0.3, 0.4) is 0 Å². The van der Waals surface area contributed by atoms with Gasteiger partial charge in [-0.2, -0.15) is 0 Å². The summed E-state index contributed by atoms with van der Waals surface area (Å²) in [4.78, 5) is 14.8. The molecule has 1 amide bonds. The Morgan fingerprint density at radius 2 is 2.17 bits per heavy atom. The highest BCUT2D eigenvalue weighted by Gasteiger charge is 2.42. The van der Waals surface area contributed by atoms with Crippen molar-refractivity contribution in [1.29, 1.82) is 0 Å². The van der Waals surface area contributed by atoms with Gasteiger partial charge >= 0.3 is 0 Å². The van der Waals surface area contributed by atoms with Crippen LogP contribution in [0.25, 0.3) is 0 Å². The van der Waals surface area contributed by atoms with Crippen molar-refractivity contribution in [3.63, 3.8) is 0 Å². The van der Waals surface area contributed by atoms with Crippen LogP contribution in [0.2, 0.25) is 0 Å². The van der Waals surface area contributed by atoms with Gasteiger partial charge in [-0.1, -0.05) is 0 Å². The van der Waals surface area contributed by atoms with Gasteiger partial charge in [0.2, 0.25) is 12.3 Å². The molecule has 3 heterocycles. The van der Waals surface area contributed by atoms with E-state index in [0.717, 1.165) is 29.7 Å². The number of carbonyl (C=O) groups is 1. The fraction of sp³-hybridized carbons (Fsp3) is 0.688. The number of thiophene rings is 1. The third-order valence-corrected chi connectivity index (χ3v) is 6.19. The van der Waals surface area contributed by atoms with Gasteiger partial charge in [0.1, 0.15) is 11.7 Å². The molecule has 24 heavy (non-hydrogen) atoms. The first-order chi connectivity index (χ1) is 11.4. The lowest BCUT2D eigenvalue weighted by molar-refractivity contribution is -0.128. The van der Waals surface area contributed by atoms with Crippen molar-refractivity contribution in [2.45, 2.75) is 43.8 Å². The average Bonchev–Trinajstić information content (AvgIpc) is 2.93. The number of nitrogens with zero attached hydrogens (tertiary/aromatic N) is 1. The van der Waals surface area contributed by atoms with Gasteiger partial charge < -0.3 is 15.6 Å². The van der Waals surface area contributed by atoms with E-state index >= 15 is 0 Å². The molecule has 5 nitrogen and oxygen atoms in total. The summed E-state index contributed by atoms with van der Waals surface area (Å²) >= 11 is 1.44. The van der Waals surface area contributed by atoms with Crippen molar-refractivity contribution >= 4 is 17.2 Å². The Labute approximate surface area is 143 Å². The summed E-state index contributed by atoms with van der Waals surface area (Å²) in [5.41, 5.74) is 5.82. The van der Waals surface area contributed by atoms with Crippen LogP contribution in [0.4, 0.5) is 8.78 Å². The van der Waals surface area contributed by atoms with E-state index < -0.39 is 24.0 Å². The van der Waals surface area contributed by atoms with E-state index in [1.807, 2.05) is 11.0 Å². The van der Waals surface area contributed by atoms with E-state index in [1.54, 1.807) is 0 Å². The number of β-amino-alcohol motifs (C(OH)–C–C–N with tert-alkyl or cyclic N) is 1. The number of aliphatic hydroxyl groups excluding tert-OH is 1. The number of rotatable bonds is 5. The first kappa shape index (κ1) is 17.7. The number of fused-ring (bicyclic) bond motifs is 2. The van der Waals surface area contributed by atoms with E-state index in [0.29, 0.717) is 24.6 Å². The van der Waals surface area contributed by atoms with E-state index in [2.05, 4.69) is 0 Å². The molecule has 1 atom stereocenters. The zero-order chi connectivity index (χ0) is 17.3. The number of likely N-dealkylation sites (tertiary alicyclic amines) is 1. The molecule has 0 aromatic carbocycles. The minimum Gasteiger partial charge on any atom is -0.382 e. The van der Waals surface area contributed by atoms with Crippen LogP contribution < -0.4 is 5.73 Å². The third kappa shape index (κ3) is 3.61. The number of piperidine rings is 1. The second-order valence-corrected chi connectivity index (χ2v) is 7.61. The van der Waals surface area contributed by atoms with Gasteiger partial charge in [0.05, 0.1) is 6.61 Å². The van der Waals surface area contributed by atoms with Crippen LogP contribution in [0, 0.1) is 0 Å². The molecule has 1 fully saturated rings. The predicted octanol–water partition coefficient (Wildman–Crippen LogP) is 1.27. The Hall–Kier alpha value is -1.09. The minimum absolute atomic E-state index is 0.204. The largest absolute Gasteiger partial charge is 0.382 e. The second kappa shape index (κ2) is 7.03. The van der Waals surface area contributed by atoms with Gasteiger partial charge in [-0.25, -0.2) is 8.78 Å². The van der Waals surface area contributed by atoms with Gasteiger partial charge in [0.25, 0.3) is 0 Å². The van der Waals surface area contributed by atoms with Crippen LogP contribution in [0.5, 0.6) is 0 Å². The zero-order valence-electron chi connectivity index (χ0n) is 13.3. The van der Waals surface area contributed by atoms with E-state index in [4.69, 9.17) is 10.5 Å². The van der Waals surface area contributed by atoms with Crippen molar-refractivity contribution in [2.75, 3.05) is 26.2 Å². The fourth-order valence-corrected chi connectivity index (χ4v) is 4.95. The van der Waals surface area contributed by atoms with Gasteiger partial charge in [-0.3, -0.25) is 9.69 Å². The molecule has 1 spiro atoms. The molecule has 0 radical (unpaired) electrons. The smallest absolute Gasteiger partial charge is 0.247 e. The molecule has 0 saturated carbocycles. The molecule has 1 aromatic rings. The molecular formula is C16H22F2N2O3S. The molecule has 3 N–H and O–H groups in total. The van der Waals surface area contributed by atoms with Crippen molar-refractivity contribution in [2.24, 2.45) is 5.73 Å². The molecule has 0 bridgehead atoms. The van der Waals surface area contributed by atoms with Crippen LogP contribution in [-0.4, -0.2) is 54.7 Å². The van der Waals surface area contributed by atoms with Gasteiger partial charge in [-0.15, -0.1) is 11.3 Å². The molecule has 8 heteroatoms. The summed E-state index contributed by atoms with van der Waals surface area (Å²) in [6.45, 7) is 2.17. The second-order valence-electron chi connectivity index (χ2n) is 6.47. The van der Waals surface area contributed by atoms with Crippen LogP contribution in [0.15, 0.2) is 6.07 Å². The first-order valence-electron chi connectivity index (χ1n) is 8.13. The molecule has 1 saturated heterocycles. The maximum absolute atomic E-state index is 12.7. The Bertz CT molecular complexity index is 600. The summed E-state index contributed by atoms with van der Waals surface area (Å²) in [6.07, 6.45) is -1.49. The van der Waals surface area contributed by atoms with Crippen molar-refractivity contribution in [3.05, 3.63) is 21.4 Å². The standard InChI is InChI=1S/C16H22F2N2O3S/c17-13(18)8-11-7-10-1-6-23-16(14(10)24-11)2-4-20(5-3-16)9-12(21)15(19)22/h7,12-13,21H,1-6,8-9H2,(H2,19,22). The number of ether oxygens (including phenoxy) is 1. The van der Waals surface area contributed by atoms with Gasteiger partial charge in [-0.05, 0) is 30.9 Å². The predicted molar refractivity (Wildman–Crippen MR) is 86.2 cm³/mol. The number of nitrogens with two attached hydrogens (primary N) is 1. The topological polar surface area (TPSA) is 75.8 Å². The SMILES string of the molecule is NC(=O)C(O)CN1CCC2(CC1)OCCc1cc(CC(F)F)sc12. The summed E-state index contributed by atoms with van der Waals surface area (Å²) in [5, 5.41) is 9.61. The first-order valence-corrected chi connectivity index (χ1v) is 8.95. The molecular weight excluding hydrogens is 338 g/mol. The normalized spacial score (nSPS) is 21.8. The lowest BCUT2D eigenvalue weighted by Crippen LogP contribution is -2.49. The molecule has 1 unspecified atom stereocenters. The van der Waals surface area contributed by atoms with Crippen molar-refractivity contribution in [3.8, 4) is 0 Å². The number of alkyl halides is 2. The van der Waals surface area contributed by atoms with Crippen LogP contribution in [0.1, 0.15) is 28.2 Å². The molecule has 2 aliphatic heterocycles. The lowest BCUT2D eigenvalue weighted by atomic mass is 9.85. The summed E-state index contributed by atoms with van der Waals surface area (Å²) in [7, 11) is 0. The number of aliphatic hydroxyl groups is 1. The number of primary amides is 1. The molecule has 3 rings (SSSR count). The molecule has 134 valence electrons. The summed E-state index contributed by atoms with van der Waals surface area (Å²) in [5.74, 6) is -0.721. The Morgan fingerprint density at radius 3 is 2.79 bits per heavy atom. The monoisotopic (exact) mass is 360 g/mol. The maximum atomic E-state index is 12.7.